The van der Waals surface area contributed by atoms with Crippen molar-refractivity contribution in [2.45, 2.75) is 47.5 Å². The summed E-state index contributed by atoms with van der Waals surface area (Å²) >= 11 is 0. The Bertz CT molecular complexity index is 197. The third kappa shape index (κ3) is 8.29. The monoisotopic (exact) mass is 209 g/mol. The van der Waals surface area contributed by atoms with Crippen LogP contribution in [0, 0.1) is 5.92 Å². The van der Waals surface area contributed by atoms with E-state index in [1.165, 1.54) is 18.4 Å². The van der Waals surface area contributed by atoms with Gasteiger partial charge in [0.15, 0.2) is 0 Å². The number of nitrogens with zero attached hydrogens (tertiary/aromatic N) is 1. The molecule has 15 heavy (non-hydrogen) atoms. The van der Waals surface area contributed by atoms with Crippen LogP contribution in [-0.4, -0.2) is 18.0 Å². The van der Waals surface area contributed by atoms with Crippen LogP contribution < -0.4 is 0 Å². The largest absolute Gasteiger partial charge is 0.378 e. The van der Waals surface area contributed by atoms with Crippen molar-refractivity contribution in [3.05, 3.63) is 23.9 Å². The molecule has 0 aromatic heterocycles. The molecule has 0 aliphatic carbocycles. The van der Waals surface area contributed by atoms with Crippen molar-refractivity contribution in [3.63, 3.8) is 0 Å². The van der Waals surface area contributed by atoms with Crippen LogP contribution in [0.4, 0.5) is 0 Å². The summed E-state index contributed by atoms with van der Waals surface area (Å²) in [5.41, 5.74) is 1.38. The van der Waals surface area contributed by atoms with Crippen molar-refractivity contribution in [1.82, 2.24) is 4.90 Å². The Labute approximate surface area is 95.9 Å². The Morgan fingerprint density at radius 3 is 2.27 bits per heavy atom. The van der Waals surface area contributed by atoms with Gasteiger partial charge in [-0.2, -0.15) is 0 Å². The normalized spacial score (nSPS) is 12.8. The molecule has 0 saturated carbocycles. The van der Waals surface area contributed by atoms with Crippen LogP contribution in [0.3, 0.4) is 0 Å². The summed E-state index contributed by atoms with van der Waals surface area (Å²) in [4.78, 5) is 2.31. The molecule has 0 aromatic rings. The lowest BCUT2D eigenvalue weighted by Crippen LogP contribution is -2.15. The van der Waals surface area contributed by atoms with Gasteiger partial charge in [0.05, 0.1) is 0 Å². The summed E-state index contributed by atoms with van der Waals surface area (Å²) in [7, 11) is 0. The minimum atomic E-state index is 0.806. The first-order valence-corrected chi connectivity index (χ1v) is 6.19. The van der Waals surface area contributed by atoms with Gasteiger partial charge in [0.25, 0.3) is 0 Å². The number of allylic oxidation sites excluding steroid dienone is 3. The molecule has 88 valence electrons. The second-order valence-corrected chi connectivity index (χ2v) is 4.46. The maximum atomic E-state index is 2.33. The Morgan fingerprint density at radius 2 is 1.80 bits per heavy atom. The average Bonchev–Trinajstić information content (AvgIpc) is 2.18. The maximum Gasteiger partial charge on any atom is 0.0143 e. The molecule has 0 saturated heterocycles. The lowest BCUT2D eigenvalue weighted by atomic mass is 10.1. The van der Waals surface area contributed by atoms with E-state index in [0.717, 1.165) is 19.0 Å². The highest BCUT2D eigenvalue weighted by Gasteiger charge is 1.92. The van der Waals surface area contributed by atoms with Crippen LogP contribution in [0.2, 0.25) is 0 Å². The lowest BCUT2D eigenvalue weighted by molar-refractivity contribution is 0.418. The second kappa shape index (κ2) is 8.58. The molecular weight excluding hydrogens is 182 g/mol. The van der Waals surface area contributed by atoms with Crippen LogP contribution in [0.15, 0.2) is 23.9 Å². The zero-order valence-electron chi connectivity index (χ0n) is 11.1. The summed E-state index contributed by atoms with van der Waals surface area (Å²) in [5, 5.41) is 0. The number of rotatable bonds is 7. The van der Waals surface area contributed by atoms with Crippen LogP contribution in [0.5, 0.6) is 0 Å². The standard InChI is InChI=1S/C14H27N/c1-6-15(7-2)12-11-14(5)10-8-9-13(3)4/h10-13H,6-9H2,1-5H3. The van der Waals surface area contributed by atoms with Crippen molar-refractivity contribution >= 4 is 0 Å². The first-order valence-electron chi connectivity index (χ1n) is 6.19. The number of hydrogen-bond donors (Lipinski definition) is 0. The van der Waals surface area contributed by atoms with E-state index in [1.54, 1.807) is 0 Å². The van der Waals surface area contributed by atoms with Gasteiger partial charge in [-0.15, -0.1) is 0 Å². The SMILES string of the molecule is CCN(C=CC(C)=CCCC(C)C)CC. The number of hydrogen-bond acceptors (Lipinski definition) is 1. The third-order valence-corrected chi connectivity index (χ3v) is 2.57. The van der Waals surface area contributed by atoms with Gasteiger partial charge < -0.3 is 4.90 Å². The lowest BCUT2D eigenvalue weighted by Gasteiger charge is -2.14. The Morgan fingerprint density at radius 1 is 1.20 bits per heavy atom. The highest BCUT2D eigenvalue weighted by molar-refractivity contribution is 5.15. The zero-order chi connectivity index (χ0) is 11.7. The molecule has 0 radical (unpaired) electrons. The van der Waals surface area contributed by atoms with E-state index in [2.05, 4.69) is 57.9 Å². The smallest absolute Gasteiger partial charge is 0.0143 e. The molecule has 0 amide bonds. The van der Waals surface area contributed by atoms with Crippen molar-refractivity contribution in [2.24, 2.45) is 5.92 Å². The molecule has 0 aliphatic rings. The fraction of sp³-hybridized carbons (Fsp3) is 0.714. The molecule has 1 nitrogen and oxygen atoms in total. The maximum absolute atomic E-state index is 2.33. The van der Waals surface area contributed by atoms with Crippen LogP contribution in [-0.2, 0) is 0 Å². The molecule has 0 unspecified atom stereocenters. The third-order valence-electron chi connectivity index (χ3n) is 2.57. The average molecular weight is 209 g/mol. The highest BCUT2D eigenvalue weighted by atomic mass is 15.1. The van der Waals surface area contributed by atoms with E-state index in [-0.39, 0.29) is 0 Å². The molecule has 0 bridgehead atoms. The summed E-state index contributed by atoms with van der Waals surface area (Å²) in [5.74, 6) is 0.806. The topological polar surface area (TPSA) is 3.24 Å². The van der Waals surface area contributed by atoms with Crippen LogP contribution >= 0.6 is 0 Å². The van der Waals surface area contributed by atoms with Crippen molar-refractivity contribution < 1.29 is 0 Å². The van der Waals surface area contributed by atoms with Gasteiger partial charge in [-0.05, 0) is 51.8 Å². The Balaban J connectivity index is 3.93. The van der Waals surface area contributed by atoms with Crippen molar-refractivity contribution in [2.75, 3.05) is 13.1 Å². The minimum Gasteiger partial charge on any atom is -0.378 e. The van der Waals surface area contributed by atoms with Crippen LogP contribution in [0.25, 0.3) is 0 Å². The molecule has 0 aromatic carbocycles. The van der Waals surface area contributed by atoms with E-state index in [0.29, 0.717) is 0 Å². The van der Waals surface area contributed by atoms with E-state index in [9.17, 15) is 0 Å². The van der Waals surface area contributed by atoms with E-state index < -0.39 is 0 Å². The molecule has 0 rings (SSSR count). The zero-order valence-corrected chi connectivity index (χ0v) is 11.1. The van der Waals surface area contributed by atoms with Crippen LogP contribution in [0.1, 0.15) is 47.5 Å². The van der Waals surface area contributed by atoms with Crippen molar-refractivity contribution in [3.8, 4) is 0 Å². The predicted molar refractivity (Wildman–Crippen MR) is 69.9 cm³/mol. The molecule has 0 spiro atoms. The summed E-state index contributed by atoms with van der Waals surface area (Å²) in [6, 6.07) is 0. The quantitative estimate of drug-likeness (QED) is 0.567. The van der Waals surface area contributed by atoms with Gasteiger partial charge in [0, 0.05) is 13.1 Å². The fourth-order valence-corrected chi connectivity index (χ4v) is 1.37. The summed E-state index contributed by atoms with van der Waals surface area (Å²) in [6.07, 6.45) is 9.23. The van der Waals surface area contributed by atoms with Gasteiger partial charge in [0.2, 0.25) is 0 Å². The van der Waals surface area contributed by atoms with Gasteiger partial charge >= 0.3 is 0 Å². The van der Waals surface area contributed by atoms with Gasteiger partial charge in [0.1, 0.15) is 0 Å². The molecule has 0 heterocycles. The Hall–Kier alpha value is -0.720. The molecular formula is C14H27N. The molecule has 0 atom stereocenters. The summed E-state index contributed by atoms with van der Waals surface area (Å²) in [6.45, 7) is 13.3. The van der Waals surface area contributed by atoms with E-state index in [1.807, 2.05) is 0 Å². The van der Waals surface area contributed by atoms with Crippen molar-refractivity contribution in [1.29, 1.82) is 0 Å². The molecule has 0 aliphatic heterocycles. The highest BCUT2D eigenvalue weighted by Crippen LogP contribution is 2.07. The Kier molecular flexibility index (Phi) is 8.17. The van der Waals surface area contributed by atoms with Gasteiger partial charge in [-0.3, -0.25) is 0 Å². The fourth-order valence-electron chi connectivity index (χ4n) is 1.37. The first kappa shape index (κ1) is 14.3. The first-order chi connectivity index (χ1) is 7.10. The van der Waals surface area contributed by atoms with Gasteiger partial charge in [-0.25, -0.2) is 0 Å². The van der Waals surface area contributed by atoms with Gasteiger partial charge in [-0.1, -0.05) is 25.5 Å². The molecule has 0 fully saturated rings. The van der Waals surface area contributed by atoms with E-state index in [4.69, 9.17) is 0 Å². The minimum absolute atomic E-state index is 0.806. The summed E-state index contributed by atoms with van der Waals surface area (Å²) < 4.78 is 0. The molecule has 0 N–H and O–H groups in total. The van der Waals surface area contributed by atoms with E-state index >= 15 is 0 Å². The molecule has 1 heteroatoms. The second-order valence-electron chi connectivity index (χ2n) is 4.46. The predicted octanol–water partition coefficient (Wildman–Crippen LogP) is 4.22.